The van der Waals surface area contributed by atoms with E-state index in [0.717, 1.165) is 22.3 Å². The summed E-state index contributed by atoms with van der Waals surface area (Å²) in [5.41, 5.74) is 3.32. The molecule has 102 valence electrons. The molecule has 1 heterocycles. The number of aromatic nitrogens is 1. The normalized spacial score (nSPS) is 10.3. The van der Waals surface area contributed by atoms with E-state index in [0.29, 0.717) is 5.69 Å². The Balaban J connectivity index is 2.08. The van der Waals surface area contributed by atoms with Gasteiger partial charge in [-0.1, -0.05) is 18.2 Å². The molecule has 3 rings (SSSR count). The Morgan fingerprint density at radius 1 is 1.14 bits per heavy atom. The van der Waals surface area contributed by atoms with E-state index in [1.807, 2.05) is 43.3 Å². The number of benzene rings is 2. The first kappa shape index (κ1) is 13.1. The molecule has 0 atom stereocenters. The highest BCUT2D eigenvalue weighted by molar-refractivity contribution is 5.92. The first-order valence-electron chi connectivity index (χ1n) is 6.50. The molecule has 0 saturated heterocycles. The lowest BCUT2D eigenvalue weighted by Gasteiger charge is -2.10. The Hall–Kier alpha value is -2.93. The minimum absolute atomic E-state index is 0.280. The summed E-state index contributed by atoms with van der Waals surface area (Å²) in [5, 5.41) is 13.0. The van der Waals surface area contributed by atoms with Crippen molar-refractivity contribution in [3.63, 3.8) is 0 Å². The van der Waals surface area contributed by atoms with Gasteiger partial charge in [-0.05, 0) is 37.3 Å². The molecule has 0 aliphatic rings. The van der Waals surface area contributed by atoms with Crippen LogP contribution in [-0.4, -0.2) is 4.98 Å². The number of hydrogen-bond acceptors (Lipinski definition) is 3. The summed E-state index contributed by atoms with van der Waals surface area (Å²) >= 11 is 0. The first-order valence-corrected chi connectivity index (χ1v) is 6.50. The molecule has 0 aliphatic carbocycles. The summed E-state index contributed by atoms with van der Waals surface area (Å²) in [6, 6.07) is 15.8. The Morgan fingerprint density at radius 2 is 2.00 bits per heavy atom. The number of pyridine rings is 1. The van der Waals surface area contributed by atoms with Crippen molar-refractivity contribution in [2.45, 2.75) is 6.92 Å². The highest BCUT2D eigenvalue weighted by atomic mass is 19.1. The fourth-order valence-electron chi connectivity index (χ4n) is 2.23. The number of halogens is 1. The lowest BCUT2D eigenvalue weighted by Crippen LogP contribution is -1.95. The molecule has 0 spiro atoms. The number of hydrogen-bond donors (Lipinski definition) is 1. The second-order valence-corrected chi connectivity index (χ2v) is 4.80. The van der Waals surface area contributed by atoms with E-state index in [2.05, 4.69) is 10.3 Å². The SMILES string of the molecule is Cc1ccc2cccc(Nc3cc(F)cc(C#N)c3)c2n1. The van der Waals surface area contributed by atoms with Crippen molar-refractivity contribution in [3.8, 4) is 6.07 Å². The first-order chi connectivity index (χ1) is 10.2. The van der Waals surface area contributed by atoms with Gasteiger partial charge in [0.1, 0.15) is 5.82 Å². The number of fused-ring (bicyclic) bond motifs is 1. The summed E-state index contributed by atoms with van der Waals surface area (Å²) in [7, 11) is 0. The van der Waals surface area contributed by atoms with E-state index < -0.39 is 5.82 Å². The van der Waals surface area contributed by atoms with Crippen LogP contribution in [0, 0.1) is 24.1 Å². The molecule has 1 aromatic heterocycles. The van der Waals surface area contributed by atoms with Gasteiger partial charge in [0.05, 0.1) is 22.8 Å². The second kappa shape index (κ2) is 5.22. The monoisotopic (exact) mass is 277 g/mol. The fourth-order valence-corrected chi connectivity index (χ4v) is 2.23. The summed E-state index contributed by atoms with van der Waals surface area (Å²) in [6.45, 7) is 1.92. The van der Waals surface area contributed by atoms with Crippen LogP contribution < -0.4 is 5.32 Å². The molecule has 0 bridgehead atoms. The van der Waals surface area contributed by atoms with Crippen LogP contribution in [0.5, 0.6) is 0 Å². The van der Waals surface area contributed by atoms with E-state index in [1.165, 1.54) is 12.1 Å². The Labute approximate surface area is 121 Å². The zero-order valence-electron chi connectivity index (χ0n) is 11.4. The van der Waals surface area contributed by atoms with Gasteiger partial charge < -0.3 is 5.32 Å². The van der Waals surface area contributed by atoms with Crippen LogP contribution in [-0.2, 0) is 0 Å². The molecule has 0 saturated carbocycles. The minimum Gasteiger partial charge on any atom is -0.354 e. The topological polar surface area (TPSA) is 48.7 Å². The summed E-state index contributed by atoms with van der Waals surface area (Å²) < 4.78 is 13.5. The summed E-state index contributed by atoms with van der Waals surface area (Å²) in [5.74, 6) is -0.444. The van der Waals surface area contributed by atoms with E-state index in [-0.39, 0.29) is 5.56 Å². The van der Waals surface area contributed by atoms with E-state index >= 15 is 0 Å². The van der Waals surface area contributed by atoms with Crippen LogP contribution in [0.15, 0.2) is 48.5 Å². The Bertz CT molecular complexity index is 866. The maximum Gasteiger partial charge on any atom is 0.126 e. The number of aryl methyl sites for hydroxylation is 1. The number of para-hydroxylation sites is 1. The molecule has 0 fully saturated rings. The third kappa shape index (κ3) is 2.67. The van der Waals surface area contributed by atoms with Crippen molar-refractivity contribution < 1.29 is 4.39 Å². The smallest absolute Gasteiger partial charge is 0.126 e. The zero-order valence-corrected chi connectivity index (χ0v) is 11.4. The molecule has 2 aromatic carbocycles. The predicted molar refractivity (Wildman–Crippen MR) is 80.9 cm³/mol. The Morgan fingerprint density at radius 3 is 2.81 bits per heavy atom. The average molecular weight is 277 g/mol. The lowest BCUT2D eigenvalue weighted by atomic mass is 10.1. The van der Waals surface area contributed by atoms with E-state index in [9.17, 15) is 4.39 Å². The second-order valence-electron chi connectivity index (χ2n) is 4.80. The molecule has 0 radical (unpaired) electrons. The molecule has 21 heavy (non-hydrogen) atoms. The van der Waals surface area contributed by atoms with Gasteiger partial charge in [0.25, 0.3) is 0 Å². The van der Waals surface area contributed by atoms with Crippen LogP contribution in [0.1, 0.15) is 11.3 Å². The molecule has 0 unspecified atom stereocenters. The highest BCUT2D eigenvalue weighted by Crippen LogP contribution is 2.26. The van der Waals surface area contributed by atoms with Crippen LogP contribution in [0.3, 0.4) is 0 Å². The molecule has 3 nitrogen and oxygen atoms in total. The van der Waals surface area contributed by atoms with Crippen LogP contribution >= 0.6 is 0 Å². The molecule has 0 amide bonds. The number of nitrogens with one attached hydrogen (secondary N) is 1. The predicted octanol–water partition coefficient (Wildman–Crippen LogP) is 4.30. The van der Waals surface area contributed by atoms with Gasteiger partial charge in [-0.2, -0.15) is 5.26 Å². The molecule has 3 aromatic rings. The zero-order chi connectivity index (χ0) is 14.8. The minimum atomic E-state index is -0.444. The summed E-state index contributed by atoms with van der Waals surface area (Å²) in [6.07, 6.45) is 0. The van der Waals surface area contributed by atoms with Crippen molar-refractivity contribution in [2.24, 2.45) is 0 Å². The van der Waals surface area contributed by atoms with Crippen LogP contribution in [0.2, 0.25) is 0 Å². The van der Waals surface area contributed by atoms with Gasteiger partial charge >= 0.3 is 0 Å². The van der Waals surface area contributed by atoms with Crippen molar-refractivity contribution in [1.82, 2.24) is 4.98 Å². The standard InChI is InChI=1S/C17H12FN3/c1-11-5-6-13-3-2-4-16(17(13)20-11)21-15-8-12(10-19)7-14(18)9-15/h2-9,21H,1H3. The third-order valence-corrected chi connectivity index (χ3v) is 3.17. The number of anilines is 2. The van der Waals surface area contributed by atoms with Gasteiger partial charge in [-0.25, -0.2) is 4.39 Å². The van der Waals surface area contributed by atoms with Gasteiger partial charge in [0, 0.05) is 16.8 Å². The maximum atomic E-state index is 13.5. The van der Waals surface area contributed by atoms with E-state index in [1.54, 1.807) is 6.07 Å². The molecule has 4 heteroatoms. The maximum absolute atomic E-state index is 13.5. The molecular formula is C17H12FN3. The molecule has 0 aliphatic heterocycles. The number of nitrogens with zero attached hydrogens (tertiary/aromatic N) is 2. The number of rotatable bonds is 2. The highest BCUT2D eigenvalue weighted by Gasteiger charge is 2.05. The van der Waals surface area contributed by atoms with Crippen LogP contribution in [0.25, 0.3) is 10.9 Å². The van der Waals surface area contributed by atoms with Gasteiger partial charge in [0.15, 0.2) is 0 Å². The fraction of sp³-hybridized carbons (Fsp3) is 0.0588. The van der Waals surface area contributed by atoms with Gasteiger partial charge in [-0.15, -0.1) is 0 Å². The average Bonchev–Trinajstić information content (AvgIpc) is 2.47. The summed E-state index contributed by atoms with van der Waals surface area (Å²) in [4.78, 5) is 4.52. The van der Waals surface area contributed by atoms with Gasteiger partial charge in [0.2, 0.25) is 0 Å². The lowest BCUT2D eigenvalue weighted by molar-refractivity contribution is 0.628. The third-order valence-electron chi connectivity index (χ3n) is 3.17. The largest absolute Gasteiger partial charge is 0.354 e. The van der Waals surface area contributed by atoms with Crippen LogP contribution in [0.4, 0.5) is 15.8 Å². The van der Waals surface area contributed by atoms with Crippen molar-refractivity contribution in [2.75, 3.05) is 5.32 Å². The van der Waals surface area contributed by atoms with Crippen molar-refractivity contribution in [1.29, 1.82) is 5.26 Å². The van der Waals surface area contributed by atoms with E-state index in [4.69, 9.17) is 5.26 Å². The Kier molecular flexibility index (Phi) is 3.25. The number of nitriles is 1. The molecule has 1 N–H and O–H groups in total. The quantitative estimate of drug-likeness (QED) is 0.759. The van der Waals surface area contributed by atoms with Crippen molar-refractivity contribution in [3.05, 3.63) is 65.6 Å². The van der Waals surface area contributed by atoms with Crippen molar-refractivity contribution >= 4 is 22.3 Å². The molecular weight excluding hydrogens is 265 g/mol. The van der Waals surface area contributed by atoms with Gasteiger partial charge in [-0.3, -0.25) is 4.98 Å².